The standard InChI is InChI=1S/C23H27NO5/c1-3-14-21(15-7-6-8-17(26-2)22(15)25)16-11-19-20(28-13-27-19)12-18(16)29-23(14)24-9-4-5-10-24/h6-8,11-12,14,21,23,25H,3-5,9-10,13H2,1-2H3/t14-,21-,23-/m0/s1. The molecule has 0 aliphatic carbocycles. The molecule has 1 fully saturated rings. The van der Waals surface area contributed by atoms with E-state index in [0.29, 0.717) is 11.5 Å². The molecule has 29 heavy (non-hydrogen) atoms. The molecule has 154 valence electrons. The lowest BCUT2D eigenvalue weighted by atomic mass is 9.75. The van der Waals surface area contributed by atoms with E-state index in [-0.39, 0.29) is 30.6 Å². The van der Waals surface area contributed by atoms with Gasteiger partial charge in [0.2, 0.25) is 6.79 Å². The van der Waals surface area contributed by atoms with Crippen molar-refractivity contribution in [2.75, 3.05) is 27.0 Å². The number of fused-ring (bicyclic) bond motifs is 2. The van der Waals surface area contributed by atoms with Gasteiger partial charge in [0.1, 0.15) is 5.75 Å². The Morgan fingerprint density at radius 2 is 1.83 bits per heavy atom. The minimum absolute atomic E-state index is 0.0288. The van der Waals surface area contributed by atoms with Crippen molar-refractivity contribution in [3.05, 3.63) is 41.5 Å². The van der Waals surface area contributed by atoms with Crippen molar-refractivity contribution < 1.29 is 24.1 Å². The highest BCUT2D eigenvalue weighted by molar-refractivity contribution is 5.59. The number of hydrogen-bond donors (Lipinski definition) is 1. The van der Waals surface area contributed by atoms with Crippen LogP contribution in [-0.2, 0) is 0 Å². The molecule has 0 amide bonds. The van der Waals surface area contributed by atoms with Gasteiger partial charge >= 0.3 is 0 Å². The highest BCUT2D eigenvalue weighted by Crippen LogP contribution is 2.53. The van der Waals surface area contributed by atoms with E-state index >= 15 is 0 Å². The van der Waals surface area contributed by atoms with E-state index in [1.54, 1.807) is 13.2 Å². The molecule has 6 heteroatoms. The molecule has 3 aliphatic heterocycles. The molecule has 3 atom stereocenters. The van der Waals surface area contributed by atoms with E-state index in [1.807, 2.05) is 24.3 Å². The van der Waals surface area contributed by atoms with Crippen molar-refractivity contribution in [1.82, 2.24) is 4.90 Å². The summed E-state index contributed by atoms with van der Waals surface area (Å²) >= 11 is 0. The first-order valence-electron chi connectivity index (χ1n) is 10.4. The van der Waals surface area contributed by atoms with Crippen LogP contribution in [0.3, 0.4) is 0 Å². The van der Waals surface area contributed by atoms with E-state index in [9.17, 15) is 5.11 Å². The van der Waals surface area contributed by atoms with Gasteiger partial charge in [-0.15, -0.1) is 0 Å². The van der Waals surface area contributed by atoms with Crippen molar-refractivity contribution >= 4 is 0 Å². The third-order valence-electron chi connectivity index (χ3n) is 6.44. The topological polar surface area (TPSA) is 60.4 Å². The number of aromatic hydroxyl groups is 1. The first-order chi connectivity index (χ1) is 14.2. The van der Waals surface area contributed by atoms with Gasteiger partial charge < -0.3 is 24.1 Å². The molecule has 2 aromatic rings. The number of ether oxygens (including phenoxy) is 4. The summed E-state index contributed by atoms with van der Waals surface area (Å²) in [6.45, 7) is 4.50. The molecule has 0 aromatic heterocycles. The molecule has 0 unspecified atom stereocenters. The molecule has 0 spiro atoms. The maximum atomic E-state index is 11.0. The fraction of sp³-hybridized carbons (Fsp3) is 0.478. The molecular weight excluding hydrogens is 370 g/mol. The van der Waals surface area contributed by atoms with Crippen LogP contribution in [0, 0.1) is 5.92 Å². The van der Waals surface area contributed by atoms with Gasteiger partial charge in [0.25, 0.3) is 0 Å². The summed E-state index contributed by atoms with van der Waals surface area (Å²) in [7, 11) is 1.58. The van der Waals surface area contributed by atoms with Gasteiger partial charge in [-0.05, 0) is 31.4 Å². The first kappa shape index (κ1) is 18.4. The van der Waals surface area contributed by atoms with E-state index in [0.717, 1.165) is 42.1 Å². The van der Waals surface area contributed by atoms with Crippen LogP contribution in [0.2, 0.25) is 0 Å². The summed E-state index contributed by atoms with van der Waals surface area (Å²) in [5, 5.41) is 11.0. The minimum Gasteiger partial charge on any atom is -0.504 e. The molecule has 3 heterocycles. The fourth-order valence-corrected chi connectivity index (χ4v) is 5.03. The number of likely N-dealkylation sites (tertiary alicyclic amines) is 1. The highest BCUT2D eigenvalue weighted by Gasteiger charge is 2.43. The number of phenolic OH excluding ortho intramolecular Hbond substituents is 1. The number of methoxy groups -OCH3 is 1. The molecule has 1 saturated heterocycles. The van der Waals surface area contributed by atoms with Gasteiger partial charge in [-0.3, -0.25) is 4.90 Å². The summed E-state index contributed by atoms with van der Waals surface area (Å²) in [5.41, 5.74) is 1.89. The van der Waals surface area contributed by atoms with Crippen LogP contribution in [-0.4, -0.2) is 43.2 Å². The predicted molar refractivity (Wildman–Crippen MR) is 108 cm³/mol. The van der Waals surface area contributed by atoms with Gasteiger partial charge in [0, 0.05) is 42.1 Å². The Morgan fingerprint density at radius 1 is 1.07 bits per heavy atom. The molecule has 1 N–H and O–H groups in total. The Hall–Kier alpha value is -2.60. The average Bonchev–Trinajstić information content (AvgIpc) is 3.43. The highest BCUT2D eigenvalue weighted by atomic mass is 16.7. The van der Waals surface area contributed by atoms with Crippen molar-refractivity contribution in [2.45, 2.75) is 38.3 Å². The van der Waals surface area contributed by atoms with E-state index < -0.39 is 0 Å². The van der Waals surface area contributed by atoms with Crippen LogP contribution in [0.1, 0.15) is 43.2 Å². The summed E-state index contributed by atoms with van der Waals surface area (Å²) in [6.07, 6.45) is 3.28. The second-order valence-corrected chi connectivity index (χ2v) is 7.94. The molecule has 0 bridgehead atoms. The van der Waals surface area contributed by atoms with Crippen LogP contribution < -0.4 is 18.9 Å². The van der Waals surface area contributed by atoms with Gasteiger partial charge in [-0.2, -0.15) is 0 Å². The van der Waals surface area contributed by atoms with E-state index in [1.165, 1.54) is 12.8 Å². The lowest BCUT2D eigenvalue weighted by Crippen LogP contribution is -2.47. The number of hydrogen-bond acceptors (Lipinski definition) is 6. The maximum absolute atomic E-state index is 11.0. The monoisotopic (exact) mass is 397 g/mol. The van der Waals surface area contributed by atoms with E-state index in [4.69, 9.17) is 18.9 Å². The van der Waals surface area contributed by atoms with Gasteiger partial charge in [-0.25, -0.2) is 0 Å². The number of nitrogens with zero attached hydrogens (tertiary/aromatic N) is 1. The zero-order chi connectivity index (χ0) is 20.0. The quantitative estimate of drug-likeness (QED) is 0.838. The third-order valence-corrected chi connectivity index (χ3v) is 6.44. The molecule has 3 aliphatic rings. The fourth-order valence-electron chi connectivity index (χ4n) is 5.03. The van der Waals surface area contributed by atoms with Gasteiger partial charge in [0.05, 0.1) is 7.11 Å². The normalized spacial score (nSPS) is 25.5. The van der Waals surface area contributed by atoms with Crippen molar-refractivity contribution in [3.8, 4) is 28.7 Å². The Morgan fingerprint density at radius 3 is 2.55 bits per heavy atom. The second-order valence-electron chi connectivity index (χ2n) is 7.94. The number of para-hydroxylation sites is 1. The van der Waals surface area contributed by atoms with Gasteiger partial charge in [0.15, 0.2) is 29.2 Å². The molecule has 5 rings (SSSR count). The number of phenols is 1. The summed E-state index contributed by atoms with van der Waals surface area (Å²) in [6, 6.07) is 9.68. The van der Waals surface area contributed by atoms with Crippen molar-refractivity contribution in [1.29, 1.82) is 0 Å². The Balaban J connectivity index is 1.68. The van der Waals surface area contributed by atoms with Crippen molar-refractivity contribution in [2.24, 2.45) is 5.92 Å². The molecular formula is C23H27NO5. The van der Waals surface area contributed by atoms with Crippen molar-refractivity contribution in [3.63, 3.8) is 0 Å². The van der Waals surface area contributed by atoms with Crippen LogP contribution in [0.4, 0.5) is 0 Å². The Bertz CT molecular complexity index is 908. The molecule has 0 saturated carbocycles. The maximum Gasteiger partial charge on any atom is 0.231 e. The zero-order valence-electron chi connectivity index (χ0n) is 16.9. The summed E-state index contributed by atoms with van der Waals surface area (Å²) in [4.78, 5) is 2.44. The predicted octanol–water partition coefficient (Wildman–Crippen LogP) is 4.10. The van der Waals surface area contributed by atoms with Crippen LogP contribution >= 0.6 is 0 Å². The van der Waals surface area contributed by atoms with Crippen LogP contribution in [0.15, 0.2) is 30.3 Å². The lowest BCUT2D eigenvalue weighted by molar-refractivity contribution is -0.0259. The zero-order valence-corrected chi connectivity index (χ0v) is 16.9. The largest absolute Gasteiger partial charge is 0.504 e. The Kier molecular flexibility index (Phi) is 4.66. The third kappa shape index (κ3) is 2.97. The lowest BCUT2D eigenvalue weighted by Gasteiger charge is -2.43. The first-order valence-corrected chi connectivity index (χ1v) is 10.4. The van der Waals surface area contributed by atoms with Gasteiger partial charge in [-0.1, -0.05) is 19.1 Å². The smallest absolute Gasteiger partial charge is 0.231 e. The second kappa shape index (κ2) is 7.34. The van der Waals surface area contributed by atoms with E-state index in [2.05, 4.69) is 11.8 Å². The SMILES string of the molecule is CC[C@H]1[C@@H](c2cccc(OC)c2O)c2cc3c(cc2O[C@@H]1N1CCCC1)OCO3. The average molecular weight is 397 g/mol. The molecule has 2 aromatic carbocycles. The summed E-state index contributed by atoms with van der Waals surface area (Å²) in [5.74, 6) is 3.11. The Labute approximate surface area is 170 Å². The number of benzene rings is 2. The van der Waals surface area contributed by atoms with Crippen LogP contribution in [0.25, 0.3) is 0 Å². The minimum atomic E-state index is -0.0361. The molecule has 0 radical (unpaired) electrons. The summed E-state index contributed by atoms with van der Waals surface area (Å²) < 4.78 is 23.2. The van der Waals surface area contributed by atoms with Crippen LogP contribution in [0.5, 0.6) is 28.7 Å². The number of rotatable bonds is 4. The molecule has 6 nitrogen and oxygen atoms in total.